The molecule has 0 amide bonds. The van der Waals surface area contributed by atoms with Crippen molar-refractivity contribution in [1.82, 2.24) is 4.98 Å². The molecule has 8 heteroatoms. The molecule has 2 aromatic rings. The number of halogens is 3. The van der Waals surface area contributed by atoms with Crippen LogP contribution >= 0.6 is 0 Å². The van der Waals surface area contributed by atoms with Gasteiger partial charge < -0.3 is 0 Å². The lowest BCUT2D eigenvalue weighted by Crippen LogP contribution is -2.21. The molecule has 1 aliphatic carbocycles. The highest BCUT2D eigenvalue weighted by molar-refractivity contribution is 7.86. The molecule has 0 bridgehead atoms. The van der Waals surface area contributed by atoms with Gasteiger partial charge in [-0.05, 0) is 22.8 Å². The van der Waals surface area contributed by atoms with Gasteiger partial charge in [0.1, 0.15) is 0 Å². The van der Waals surface area contributed by atoms with Crippen molar-refractivity contribution >= 4 is 22.3 Å². The van der Waals surface area contributed by atoms with Crippen molar-refractivity contribution in [2.75, 3.05) is 0 Å². The second kappa shape index (κ2) is 6.51. The molecule has 3 rings (SSSR count). The van der Waals surface area contributed by atoms with Crippen molar-refractivity contribution < 1.29 is 26.1 Å². The first-order valence-corrected chi connectivity index (χ1v) is 7.86. The lowest BCUT2D eigenvalue weighted by molar-refractivity contribution is -0.0510. The molecular formula is C15H12F3NO3S. The molecule has 0 aliphatic heterocycles. The Morgan fingerprint density at radius 3 is 2.22 bits per heavy atom. The molecule has 1 heterocycles. The second-order valence-electron chi connectivity index (χ2n) is 4.67. The van der Waals surface area contributed by atoms with E-state index in [4.69, 9.17) is 13.0 Å². The van der Waals surface area contributed by atoms with Crippen molar-refractivity contribution in [3.05, 3.63) is 65.0 Å². The molecule has 4 nitrogen and oxygen atoms in total. The molecule has 0 radical (unpaired) electrons. The van der Waals surface area contributed by atoms with Crippen molar-refractivity contribution in [3.8, 4) is 0 Å². The summed E-state index contributed by atoms with van der Waals surface area (Å²) in [6, 6.07) is 12.6. The molecule has 0 fully saturated rings. The second-order valence-corrected chi connectivity index (χ2v) is 6.08. The highest BCUT2D eigenvalue weighted by Crippen LogP contribution is 2.22. The van der Waals surface area contributed by atoms with Gasteiger partial charge in [-0.15, -0.1) is 0 Å². The number of rotatable bonds is 0. The Hall–Kier alpha value is -2.19. The van der Waals surface area contributed by atoms with Gasteiger partial charge in [-0.1, -0.05) is 42.5 Å². The van der Waals surface area contributed by atoms with Gasteiger partial charge in [-0.3, -0.25) is 9.54 Å². The Morgan fingerprint density at radius 2 is 1.57 bits per heavy atom. The van der Waals surface area contributed by atoms with Crippen LogP contribution < -0.4 is 0 Å². The van der Waals surface area contributed by atoms with Gasteiger partial charge >= 0.3 is 15.6 Å². The maximum atomic E-state index is 10.7. The van der Waals surface area contributed by atoms with Crippen LogP contribution in [-0.4, -0.2) is 23.5 Å². The van der Waals surface area contributed by atoms with Crippen LogP contribution in [0, 0.1) is 0 Å². The number of fused-ring (bicyclic) bond motifs is 2. The van der Waals surface area contributed by atoms with Gasteiger partial charge in [0.15, 0.2) is 0 Å². The van der Waals surface area contributed by atoms with E-state index in [0.717, 1.165) is 6.42 Å². The van der Waals surface area contributed by atoms with Crippen LogP contribution in [0.25, 0.3) is 12.2 Å². The minimum absolute atomic E-state index is 0.930. The topological polar surface area (TPSA) is 67.3 Å². The minimum Gasteiger partial charge on any atom is -0.279 e. The summed E-state index contributed by atoms with van der Waals surface area (Å²) < 4.78 is 57.5. The van der Waals surface area contributed by atoms with Crippen molar-refractivity contribution in [2.45, 2.75) is 11.9 Å². The highest BCUT2D eigenvalue weighted by Gasteiger charge is 2.44. The molecular weight excluding hydrogens is 331 g/mol. The third-order valence-electron chi connectivity index (χ3n) is 3.07. The van der Waals surface area contributed by atoms with E-state index in [1.807, 2.05) is 12.3 Å². The Bertz CT molecular complexity index is 782. The third-order valence-corrected chi connectivity index (χ3v) is 3.66. The molecule has 1 N–H and O–H groups in total. The van der Waals surface area contributed by atoms with Gasteiger partial charge in [0.2, 0.25) is 0 Å². The monoisotopic (exact) mass is 343 g/mol. The zero-order valence-electron chi connectivity index (χ0n) is 11.7. The minimum atomic E-state index is -5.84. The van der Waals surface area contributed by atoms with E-state index in [1.54, 1.807) is 0 Å². The first-order chi connectivity index (χ1) is 10.7. The first kappa shape index (κ1) is 17.2. The average molecular weight is 343 g/mol. The van der Waals surface area contributed by atoms with Crippen LogP contribution in [0.2, 0.25) is 0 Å². The van der Waals surface area contributed by atoms with Gasteiger partial charge in [0.05, 0.1) is 5.69 Å². The first-order valence-electron chi connectivity index (χ1n) is 6.42. The van der Waals surface area contributed by atoms with Crippen LogP contribution in [0.15, 0.2) is 42.6 Å². The van der Waals surface area contributed by atoms with Crippen LogP contribution in [0.3, 0.4) is 0 Å². The number of pyridine rings is 1. The summed E-state index contributed by atoms with van der Waals surface area (Å²) in [4.78, 5) is 4.43. The maximum Gasteiger partial charge on any atom is 0.522 e. The van der Waals surface area contributed by atoms with Crippen molar-refractivity contribution in [3.63, 3.8) is 0 Å². The van der Waals surface area contributed by atoms with Crippen LogP contribution in [0.4, 0.5) is 13.2 Å². The van der Waals surface area contributed by atoms with Crippen molar-refractivity contribution in [1.29, 1.82) is 0 Å². The molecule has 1 aliphatic rings. The number of aromatic nitrogens is 1. The number of hydrogen-bond donors (Lipinski definition) is 1. The van der Waals surface area contributed by atoms with Gasteiger partial charge in [0, 0.05) is 12.6 Å². The largest absolute Gasteiger partial charge is 0.522 e. The average Bonchev–Trinajstić information content (AvgIpc) is 2.65. The summed E-state index contributed by atoms with van der Waals surface area (Å²) in [5.41, 5.74) is -0.485. The quantitative estimate of drug-likeness (QED) is 0.501. The fourth-order valence-corrected chi connectivity index (χ4v) is 1.97. The third kappa shape index (κ3) is 4.40. The van der Waals surface area contributed by atoms with E-state index < -0.39 is 15.6 Å². The molecule has 0 saturated heterocycles. The lowest BCUT2D eigenvalue weighted by Gasteiger charge is -2.03. The normalized spacial score (nSPS) is 13.2. The number of alkyl halides is 3. The standard InChI is InChI=1S/C14H11N.CHF3O3S/c1-2-5-13-10-14-12(6-3-9-15-14)8-7-11(13)4-1;2-1(3,4)8(5,6)7/h1-9H,10H2;(H,5,6,7). The summed E-state index contributed by atoms with van der Waals surface area (Å²) in [6.45, 7) is 0. The van der Waals surface area contributed by atoms with Crippen LogP contribution in [-0.2, 0) is 16.5 Å². The molecule has 1 aromatic heterocycles. The molecule has 23 heavy (non-hydrogen) atoms. The lowest BCUT2D eigenvalue weighted by atomic mass is 10.0. The Kier molecular flexibility index (Phi) is 4.86. The van der Waals surface area contributed by atoms with Gasteiger partial charge in [0.25, 0.3) is 0 Å². The fraction of sp³-hybridized carbons (Fsp3) is 0.133. The van der Waals surface area contributed by atoms with E-state index in [-0.39, 0.29) is 0 Å². The van der Waals surface area contributed by atoms with E-state index >= 15 is 0 Å². The van der Waals surface area contributed by atoms with Crippen molar-refractivity contribution in [2.24, 2.45) is 0 Å². The maximum absolute atomic E-state index is 10.7. The van der Waals surface area contributed by atoms with E-state index in [9.17, 15) is 13.2 Å². The Labute approximate surface area is 131 Å². The van der Waals surface area contributed by atoms with E-state index in [1.165, 1.54) is 22.4 Å². The van der Waals surface area contributed by atoms with E-state index in [2.05, 4.69) is 47.5 Å². The zero-order chi connectivity index (χ0) is 17.1. The van der Waals surface area contributed by atoms with Crippen LogP contribution in [0.1, 0.15) is 22.4 Å². The molecule has 0 atom stereocenters. The van der Waals surface area contributed by atoms with Gasteiger partial charge in [-0.2, -0.15) is 21.6 Å². The smallest absolute Gasteiger partial charge is 0.279 e. The SMILES string of the molecule is C1=Cc2cccnc2Cc2ccccc21.O=S(=O)(O)C(F)(F)F. The number of nitrogens with zero attached hydrogens (tertiary/aromatic N) is 1. The Balaban J connectivity index is 0.000000207. The summed E-state index contributed by atoms with van der Waals surface area (Å²) in [6.07, 6.45) is 7.11. The summed E-state index contributed by atoms with van der Waals surface area (Å²) in [5, 5.41) is 0. The molecule has 1 aromatic carbocycles. The number of hydrogen-bond acceptors (Lipinski definition) is 3. The molecule has 0 saturated carbocycles. The predicted molar refractivity (Wildman–Crippen MR) is 80.0 cm³/mol. The number of benzene rings is 1. The van der Waals surface area contributed by atoms with Crippen LogP contribution in [0.5, 0.6) is 0 Å². The Morgan fingerprint density at radius 1 is 1.00 bits per heavy atom. The zero-order valence-corrected chi connectivity index (χ0v) is 12.5. The summed E-state index contributed by atoms with van der Waals surface area (Å²) in [5.74, 6) is 0. The summed E-state index contributed by atoms with van der Waals surface area (Å²) >= 11 is 0. The highest BCUT2D eigenvalue weighted by atomic mass is 32.2. The molecule has 122 valence electrons. The summed E-state index contributed by atoms with van der Waals surface area (Å²) in [7, 11) is -5.84. The van der Waals surface area contributed by atoms with E-state index in [0.29, 0.717) is 0 Å². The van der Waals surface area contributed by atoms with Gasteiger partial charge in [-0.25, -0.2) is 0 Å². The fourth-order valence-electron chi connectivity index (χ4n) is 1.97. The molecule has 0 spiro atoms. The predicted octanol–water partition coefficient (Wildman–Crippen LogP) is 3.55. The molecule has 0 unspecified atom stereocenters.